The van der Waals surface area contributed by atoms with Crippen LogP contribution in [0.25, 0.3) is 0 Å². The first kappa shape index (κ1) is 16.1. The Hall–Kier alpha value is -1.29. The summed E-state index contributed by atoms with van der Waals surface area (Å²) in [5.74, 6) is 0.191. The van der Waals surface area contributed by atoms with Crippen molar-refractivity contribution in [2.45, 2.75) is 13.0 Å². The number of methoxy groups -OCH3 is 1. The first-order valence-electron chi connectivity index (χ1n) is 6.58. The van der Waals surface area contributed by atoms with E-state index >= 15 is 0 Å². The molecular weight excluding hydrogens is 312 g/mol. The van der Waals surface area contributed by atoms with Crippen molar-refractivity contribution in [2.24, 2.45) is 0 Å². The van der Waals surface area contributed by atoms with Crippen molar-refractivity contribution >= 4 is 23.2 Å². The summed E-state index contributed by atoms with van der Waals surface area (Å²) in [6.07, 6.45) is 0. The fourth-order valence-electron chi connectivity index (χ4n) is 2.19. The van der Waals surface area contributed by atoms with Gasteiger partial charge in [0.05, 0.1) is 23.2 Å². The standard InChI is InChI=1S/C16H16Cl2FNO/c1-3-20-16(10-4-6-14(19)12(17)8-10)11-5-7-15(21-2)13(18)9-11/h4-9,16,20H,3H2,1-2H3. The van der Waals surface area contributed by atoms with Crippen LogP contribution in [0, 0.1) is 5.82 Å². The van der Waals surface area contributed by atoms with E-state index in [1.807, 2.05) is 25.1 Å². The second kappa shape index (κ2) is 7.12. The van der Waals surface area contributed by atoms with E-state index in [9.17, 15) is 4.39 Å². The molecule has 0 radical (unpaired) electrons. The normalized spacial score (nSPS) is 12.2. The van der Waals surface area contributed by atoms with E-state index in [0.717, 1.165) is 17.7 Å². The molecule has 0 bridgehead atoms. The summed E-state index contributed by atoms with van der Waals surface area (Å²) in [6, 6.07) is 10.2. The van der Waals surface area contributed by atoms with Crippen molar-refractivity contribution in [2.75, 3.05) is 13.7 Å². The summed E-state index contributed by atoms with van der Waals surface area (Å²) in [5.41, 5.74) is 1.84. The van der Waals surface area contributed by atoms with Gasteiger partial charge in [-0.2, -0.15) is 0 Å². The van der Waals surface area contributed by atoms with Crippen LogP contribution in [0.15, 0.2) is 36.4 Å². The maximum absolute atomic E-state index is 13.3. The van der Waals surface area contributed by atoms with Crippen molar-refractivity contribution in [1.29, 1.82) is 0 Å². The lowest BCUT2D eigenvalue weighted by atomic mass is 9.98. The number of halogens is 3. The fraction of sp³-hybridized carbons (Fsp3) is 0.250. The zero-order valence-electron chi connectivity index (χ0n) is 11.8. The van der Waals surface area contributed by atoms with Crippen LogP contribution < -0.4 is 10.1 Å². The Morgan fingerprint density at radius 2 is 1.71 bits per heavy atom. The molecule has 5 heteroatoms. The van der Waals surface area contributed by atoms with Gasteiger partial charge in [0.15, 0.2) is 0 Å². The van der Waals surface area contributed by atoms with Crippen molar-refractivity contribution in [3.63, 3.8) is 0 Å². The Labute approximate surface area is 133 Å². The maximum atomic E-state index is 13.3. The zero-order valence-corrected chi connectivity index (χ0v) is 13.3. The third kappa shape index (κ3) is 3.67. The van der Waals surface area contributed by atoms with Gasteiger partial charge in [-0.25, -0.2) is 4.39 Å². The number of benzene rings is 2. The first-order chi connectivity index (χ1) is 10.1. The molecule has 1 N–H and O–H groups in total. The maximum Gasteiger partial charge on any atom is 0.141 e. The van der Waals surface area contributed by atoms with E-state index in [1.165, 1.54) is 6.07 Å². The first-order valence-corrected chi connectivity index (χ1v) is 7.34. The minimum atomic E-state index is -0.427. The van der Waals surface area contributed by atoms with Gasteiger partial charge in [0, 0.05) is 0 Å². The second-order valence-corrected chi connectivity index (χ2v) is 5.37. The lowest BCUT2D eigenvalue weighted by Crippen LogP contribution is -2.22. The van der Waals surface area contributed by atoms with Gasteiger partial charge in [0.2, 0.25) is 0 Å². The lowest BCUT2D eigenvalue weighted by Gasteiger charge is -2.20. The molecule has 0 heterocycles. The predicted octanol–water partition coefficient (Wildman–Crippen LogP) is 4.84. The average Bonchev–Trinajstić information content (AvgIpc) is 2.48. The Balaban J connectivity index is 2.42. The van der Waals surface area contributed by atoms with Crippen LogP contribution in [-0.4, -0.2) is 13.7 Å². The average molecular weight is 328 g/mol. The van der Waals surface area contributed by atoms with Gasteiger partial charge in [-0.15, -0.1) is 0 Å². The molecule has 2 aromatic rings. The number of rotatable bonds is 5. The fourth-order valence-corrected chi connectivity index (χ4v) is 2.64. The van der Waals surface area contributed by atoms with Gasteiger partial charge >= 0.3 is 0 Å². The van der Waals surface area contributed by atoms with E-state index in [2.05, 4.69) is 5.32 Å². The van der Waals surface area contributed by atoms with Crippen LogP contribution in [-0.2, 0) is 0 Å². The Morgan fingerprint density at radius 1 is 1.10 bits per heavy atom. The molecule has 0 fully saturated rings. The van der Waals surface area contributed by atoms with Crippen molar-refractivity contribution in [3.05, 3.63) is 63.4 Å². The molecule has 0 spiro atoms. The molecule has 0 aromatic heterocycles. The summed E-state index contributed by atoms with van der Waals surface area (Å²) >= 11 is 12.1. The third-order valence-electron chi connectivity index (χ3n) is 3.19. The van der Waals surface area contributed by atoms with Crippen molar-refractivity contribution in [3.8, 4) is 5.75 Å². The van der Waals surface area contributed by atoms with Crippen LogP contribution in [0.5, 0.6) is 5.75 Å². The van der Waals surface area contributed by atoms with Gasteiger partial charge < -0.3 is 10.1 Å². The summed E-state index contributed by atoms with van der Waals surface area (Å²) < 4.78 is 18.5. The van der Waals surface area contributed by atoms with Gasteiger partial charge in [-0.05, 0) is 41.9 Å². The summed E-state index contributed by atoms with van der Waals surface area (Å²) in [7, 11) is 1.57. The Morgan fingerprint density at radius 3 is 2.24 bits per heavy atom. The van der Waals surface area contributed by atoms with Gasteiger partial charge in [-0.1, -0.05) is 42.3 Å². The molecule has 2 nitrogen and oxygen atoms in total. The minimum absolute atomic E-state index is 0.106. The monoisotopic (exact) mass is 327 g/mol. The van der Waals surface area contributed by atoms with Crippen LogP contribution in [0.4, 0.5) is 4.39 Å². The number of ether oxygens (including phenoxy) is 1. The van der Waals surface area contributed by atoms with Gasteiger partial charge in [0.1, 0.15) is 11.6 Å². The molecule has 0 saturated heterocycles. The van der Waals surface area contributed by atoms with E-state index in [1.54, 1.807) is 19.2 Å². The largest absolute Gasteiger partial charge is 0.495 e. The highest BCUT2D eigenvalue weighted by Gasteiger charge is 2.16. The summed E-state index contributed by atoms with van der Waals surface area (Å²) in [5, 5.41) is 3.99. The SMILES string of the molecule is CCNC(c1ccc(F)c(Cl)c1)c1ccc(OC)c(Cl)c1. The Kier molecular flexibility index (Phi) is 5.45. The molecule has 2 rings (SSSR count). The van der Waals surface area contributed by atoms with Crippen molar-refractivity contribution < 1.29 is 9.13 Å². The zero-order chi connectivity index (χ0) is 15.4. The molecule has 0 amide bonds. The van der Waals surface area contributed by atoms with Crippen LogP contribution >= 0.6 is 23.2 Å². The van der Waals surface area contributed by atoms with Crippen LogP contribution in [0.2, 0.25) is 10.0 Å². The molecule has 1 atom stereocenters. The molecule has 0 aliphatic rings. The smallest absolute Gasteiger partial charge is 0.141 e. The van der Waals surface area contributed by atoms with E-state index in [4.69, 9.17) is 27.9 Å². The molecule has 21 heavy (non-hydrogen) atoms. The molecule has 2 aromatic carbocycles. The quantitative estimate of drug-likeness (QED) is 0.848. The molecular formula is C16H16Cl2FNO. The summed E-state index contributed by atoms with van der Waals surface area (Å²) in [6.45, 7) is 2.76. The highest BCUT2D eigenvalue weighted by molar-refractivity contribution is 6.32. The predicted molar refractivity (Wildman–Crippen MR) is 84.9 cm³/mol. The molecule has 0 saturated carbocycles. The molecule has 0 aliphatic carbocycles. The summed E-state index contributed by atoms with van der Waals surface area (Å²) in [4.78, 5) is 0. The number of nitrogens with one attached hydrogen (secondary N) is 1. The van der Waals surface area contributed by atoms with Crippen LogP contribution in [0.1, 0.15) is 24.1 Å². The molecule has 0 aliphatic heterocycles. The van der Waals surface area contributed by atoms with E-state index in [0.29, 0.717) is 10.8 Å². The van der Waals surface area contributed by atoms with Gasteiger partial charge in [-0.3, -0.25) is 0 Å². The van der Waals surface area contributed by atoms with E-state index in [-0.39, 0.29) is 11.1 Å². The topological polar surface area (TPSA) is 21.3 Å². The second-order valence-electron chi connectivity index (χ2n) is 4.56. The van der Waals surface area contributed by atoms with E-state index < -0.39 is 5.82 Å². The lowest BCUT2D eigenvalue weighted by molar-refractivity contribution is 0.414. The molecule has 1 unspecified atom stereocenters. The minimum Gasteiger partial charge on any atom is -0.495 e. The highest BCUT2D eigenvalue weighted by Crippen LogP contribution is 2.31. The number of hydrogen-bond donors (Lipinski definition) is 1. The van der Waals surface area contributed by atoms with Gasteiger partial charge in [0.25, 0.3) is 0 Å². The highest BCUT2D eigenvalue weighted by atomic mass is 35.5. The molecule has 112 valence electrons. The Bertz CT molecular complexity index is 634. The third-order valence-corrected chi connectivity index (χ3v) is 3.78. The van der Waals surface area contributed by atoms with Crippen molar-refractivity contribution in [1.82, 2.24) is 5.32 Å². The number of hydrogen-bond acceptors (Lipinski definition) is 2. The van der Waals surface area contributed by atoms with Crippen LogP contribution in [0.3, 0.4) is 0 Å².